The first-order chi connectivity index (χ1) is 26.2. The molecule has 1 saturated heterocycles. The molecule has 10 atom stereocenters. The van der Waals surface area contributed by atoms with Gasteiger partial charge in [0.05, 0.1) is 26.5 Å². The van der Waals surface area contributed by atoms with Crippen LogP contribution in [0.2, 0.25) is 0 Å². The maximum atomic E-state index is 14.6. The van der Waals surface area contributed by atoms with Gasteiger partial charge in [0, 0.05) is 17.6 Å². The molecule has 1 aromatic rings. The summed E-state index contributed by atoms with van der Waals surface area (Å²) < 4.78 is 26.0. The van der Waals surface area contributed by atoms with Gasteiger partial charge in [0.2, 0.25) is 0 Å². The zero-order chi connectivity index (χ0) is 39.1. The van der Waals surface area contributed by atoms with Crippen molar-refractivity contribution in [2.75, 3.05) is 33.0 Å². The first kappa shape index (κ1) is 41.4. The Morgan fingerprint density at radius 3 is 2.33 bits per heavy atom. The van der Waals surface area contributed by atoms with E-state index in [2.05, 4.69) is 63.9 Å². The fourth-order valence-corrected chi connectivity index (χ4v) is 14.2. The Morgan fingerprint density at radius 2 is 1.65 bits per heavy atom. The maximum absolute atomic E-state index is 14.6. The maximum Gasteiger partial charge on any atom is 0.112 e. The third-order valence-corrected chi connectivity index (χ3v) is 17.6. The molecule has 7 unspecified atom stereocenters. The van der Waals surface area contributed by atoms with Crippen molar-refractivity contribution < 1.29 is 19.0 Å². The first-order valence-electron chi connectivity index (χ1n) is 22.5. The van der Waals surface area contributed by atoms with Gasteiger partial charge in [-0.05, 0) is 173 Å². The van der Waals surface area contributed by atoms with E-state index in [-0.39, 0.29) is 17.6 Å². The third-order valence-electron chi connectivity index (χ3n) is 17.6. The summed E-state index contributed by atoms with van der Waals surface area (Å²) in [6.07, 6.45) is 22.9. The summed E-state index contributed by atoms with van der Waals surface area (Å²) in [7, 11) is 0. The van der Waals surface area contributed by atoms with Gasteiger partial charge >= 0.3 is 0 Å². The molecule has 55 heavy (non-hydrogen) atoms. The second-order valence-electron chi connectivity index (χ2n) is 21.0. The van der Waals surface area contributed by atoms with Crippen molar-refractivity contribution in [2.24, 2.45) is 51.2 Å². The number of halogens is 1. The van der Waals surface area contributed by atoms with Crippen LogP contribution in [0, 0.1) is 51.2 Å². The zero-order valence-electron chi connectivity index (χ0n) is 35.6. The van der Waals surface area contributed by atoms with E-state index in [0.717, 1.165) is 62.3 Å². The van der Waals surface area contributed by atoms with Crippen LogP contribution in [0.4, 0.5) is 4.39 Å². The van der Waals surface area contributed by atoms with Crippen LogP contribution in [0.1, 0.15) is 143 Å². The quantitative estimate of drug-likeness (QED) is 0.174. The monoisotopic (exact) mass is 758 g/mol. The molecule has 306 valence electrons. The standard InChI is InChI=1S/C46H68FNO3.C4H8/c1-33-36(35-14-21-44(30-47,22-15-35)26-28-50-29-34-9-6-5-7-10-34)16-19-41(2)37(33)17-20-43(4)40(41)13-12-38-39-11-8-18-46(39,24-23-42(38,43)3)48-27-25-45(49)31-51-32-45;1-4(2)3/h5-7,9-10,14,16,33,37-40,48-49H,8,11-13,15,17-32H2,1-4H3;1H2,2-3H3/t33?,37?,38?,39-,40?,41?,42-,43?,44+,46?;/m1./s1. The van der Waals surface area contributed by atoms with Crippen LogP contribution in [0.25, 0.3) is 0 Å². The molecule has 0 aromatic heterocycles. The fourth-order valence-electron chi connectivity index (χ4n) is 14.2. The number of rotatable bonds is 11. The molecule has 1 aromatic carbocycles. The van der Waals surface area contributed by atoms with Crippen molar-refractivity contribution in [1.82, 2.24) is 5.32 Å². The predicted molar refractivity (Wildman–Crippen MR) is 224 cm³/mol. The van der Waals surface area contributed by atoms with Crippen LogP contribution in [0.3, 0.4) is 0 Å². The summed E-state index contributed by atoms with van der Waals surface area (Å²) in [5.41, 5.74) is 6.00. The molecule has 0 bridgehead atoms. The van der Waals surface area contributed by atoms with E-state index in [1.54, 1.807) is 5.57 Å². The molecule has 5 heteroatoms. The average Bonchev–Trinajstić information content (AvgIpc) is 3.58. The van der Waals surface area contributed by atoms with Crippen molar-refractivity contribution in [3.8, 4) is 0 Å². The molecule has 1 heterocycles. The Labute approximate surface area is 334 Å². The number of hydrogen-bond donors (Lipinski definition) is 2. The molecule has 1 aliphatic heterocycles. The molecule has 8 rings (SSSR count). The lowest BCUT2D eigenvalue weighted by Crippen LogP contribution is -2.67. The van der Waals surface area contributed by atoms with Crippen molar-refractivity contribution in [2.45, 2.75) is 156 Å². The highest BCUT2D eigenvalue weighted by Gasteiger charge is 2.68. The van der Waals surface area contributed by atoms with E-state index in [9.17, 15) is 9.50 Å². The topological polar surface area (TPSA) is 50.7 Å². The van der Waals surface area contributed by atoms with Crippen molar-refractivity contribution in [1.29, 1.82) is 0 Å². The number of benzene rings is 1. The summed E-state index contributed by atoms with van der Waals surface area (Å²) in [6, 6.07) is 10.3. The molecule has 0 amide bonds. The van der Waals surface area contributed by atoms with Gasteiger partial charge in [0.1, 0.15) is 5.60 Å². The Kier molecular flexibility index (Phi) is 12.1. The van der Waals surface area contributed by atoms with E-state index in [1.807, 2.05) is 32.0 Å². The van der Waals surface area contributed by atoms with Gasteiger partial charge in [-0.15, -0.1) is 6.58 Å². The molecule has 0 spiro atoms. The number of fused-ring (bicyclic) bond motifs is 7. The van der Waals surface area contributed by atoms with Crippen LogP contribution >= 0.6 is 0 Å². The largest absolute Gasteiger partial charge is 0.385 e. The van der Waals surface area contributed by atoms with Crippen LogP contribution < -0.4 is 5.32 Å². The first-order valence-corrected chi connectivity index (χ1v) is 22.5. The lowest BCUT2D eigenvalue weighted by molar-refractivity contribution is -0.213. The van der Waals surface area contributed by atoms with Gasteiger partial charge < -0.3 is 19.9 Å². The van der Waals surface area contributed by atoms with Crippen LogP contribution in [0.5, 0.6) is 0 Å². The third kappa shape index (κ3) is 7.65. The van der Waals surface area contributed by atoms with Crippen molar-refractivity contribution >= 4 is 0 Å². The Bertz CT molecular complexity index is 1560. The second-order valence-corrected chi connectivity index (χ2v) is 21.0. The second kappa shape index (κ2) is 16.1. The minimum absolute atomic E-state index is 0.252. The summed E-state index contributed by atoms with van der Waals surface area (Å²) in [5.74, 6) is 3.65. The minimum atomic E-state index is -0.601. The lowest BCUT2D eigenvalue weighted by Gasteiger charge is -2.71. The van der Waals surface area contributed by atoms with Gasteiger partial charge in [-0.2, -0.15) is 0 Å². The number of ether oxygens (including phenoxy) is 2. The fraction of sp³-hybridized carbons (Fsp3) is 0.760. The van der Waals surface area contributed by atoms with Crippen LogP contribution in [-0.2, 0) is 16.1 Å². The number of aliphatic hydroxyl groups is 1. The molecule has 7 aliphatic rings. The van der Waals surface area contributed by atoms with Gasteiger partial charge in [0.25, 0.3) is 0 Å². The average molecular weight is 758 g/mol. The predicted octanol–water partition coefficient (Wildman–Crippen LogP) is 11.7. The normalized spacial score (nSPS) is 41.5. The van der Waals surface area contributed by atoms with Gasteiger partial charge in [-0.3, -0.25) is 4.39 Å². The summed E-state index contributed by atoms with van der Waals surface area (Å²) in [5, 5.41) is 14.8. The zero-order valence-corrected chi connectivity index (χ0v) is 35.6. The van der Waals surface area contributed by atoms with Gasteiger partial charge in [-0.1, -0.05) is 82.2 Å². The molecule has 4 saturated carbocycles. The van der Waals surface area contributed by atoms with Gasteiger partial charge in [-0.25, -0.2) is 0 Å². The lowest BCUT2D eigenvalue weighted by atomic mass is 9.34. The number of nitrogens with one attached hydrogen (secondary N) is 1. The summed E-state index contributed by atoms with van der Waals surface area (Å²) >= 11 is 0. The molecular weight excluding hydrogens is 682 g/mol. The van der Waals surface area contributed by atoms with Crippen molar-refractivity contribution in [3.63, 3.8) is 0 Å². The molecule has 5 fully saturated rings. The highest BCUT2D eigenvalue weighted by atomic mass is 19.1. The van der Waals surface area contributed by atoms with Gasteiger partial charge in [0.15, 0.2) is 0 Å². The SMILES string of the molecule is C=C(C)C.CC1C(C2=CC[C@@](CF)(CCOCc3ccccc3)CC2)=CCC2(C)C1CCC1(C)C2CCC2[C@H]3CCCC3(NCCC3(O)COC3)CC[C@]21C. The number of hydrogen-bond acceptors (Lipinski definition) is 4. The Morgan fingerprint density at radius 1 is 0.891 bits per heavy atom. The minimum Gasteiger partial charge on any atom is -0.385 e. The van der Waals surface area contributed by atoms with E-state index in [4.69, 9.17) is 9.47 Å². The van der Waals surface area contributed by atoms with Crippen LogP contribution in [0.15, 0.2) is 65.8 Å². The van der Waals surface area contributed by atoms with Crippen molar-refractivity contribution in [3.05, 3.63) is 71.3 Å². The Hall–Kier alpha value is -1.79. The number of alkyl halides is 1. The van der Waals surface area contributed by atoms with E-state index >= 15 is 0 Å². The highest BCUT2D eigenvalue weighted by Crippen LogP contribution is 2.75. The highest BCUT2D eigenvalue weighted by molar-refractivity contribution is 5.38. The van der Waals surface area contributed by atoms with Crippen LogP contribution in [-0.4, -0.2) is 49.3 Å². The molecular formula is C50H76FNO3. The summed E-state index contributed by atoms with van der Waals surface area (Å²) in [6.45, 7) is 21.1. The van der Waals surface area contributed by atoms with E-state index < -0.39 is 5.60 Å². The molecule has 4 nitrogen and oxygen atoms in total. The van der Waals surface area contributed by atoms with E-state index in [0.29, 0.717) is 48.6 Å². The summed E-state index contributed by atoms with van der Waals surface area (Å²) in [4.78, 5) is 0. The smallest absolute Gasteiger partial charge is 0.112 e. The molecule has 0 radical (unpaired) electrons. The molecule has 2 N–H and O–H groups in total. The molecule has 6 aliphatic carbocycles. The van der Waals surface area contributed by atoms with E-state index in [1.165, 1.54) is 80.9 Å². The number of allylic oxidation sites excluding steroid dienone is 5. The Balaban J connectivity index is 0.00000111.